The van der Waals surface area contributed by atoms with Crippen LogP contribution in [0.3, 0.4) is 0 Å². The molecule has 2 amide bonds. The molecule has 1 aromatic heterocycles. The number of hydrogen-bond donors (Lipinski definition) is 1. The second-order valence-corrected chi connectivity index (χ2v) is 8.03. The van der Waals surface area contributed by atoms with Crippen molar-refractivity contribution in [2.75, 3.05) is 13.1 Å². The Kier molecular flexibility index (Phi) is 5.80. The molecule has 4 rings (SSSR count). The first-order valence-electron chi connectivity index (χ1n) is 10.3. The minimum atomic E-state index is -0.703. The van der Waals surface area contributed by atoms with Gasteiger partial charge in [0, 0.05) is 31.0 Å². The molecule has 5 nitrogen and oxygen atoms in total. The number of aromatic nitrogens is 1. The number of nitrogens with two attached hydrogens (primary N) is 1. The topological polar surface area (TPSA) is 76.3 Å². The number of carbonyl (C=O) groups excluding carboxylic acids is 2. The lowest BCUT2D eigenvalue weighted by atomic mass is 9.73. The Morgan fingerprint density at radius 3 is 2.32 bits per heavy atom. The number of hydrogen-bond acceptors (Lipinski definition) is 3. The molecule has 0 saturated carbocycles. The fourth-order valence-electron chi connectivity index (χ4n) is 4.21. The molecule has 2 heterocycles. The van der Waals surface area contributed by atoms with E-state index in [1.807, 2.05) is 24.3 Å². The third-order valence-corrected chi connectivity index (χ3v) is 6.12. The first-order chi connectivity index (χ1) is 15.0. The van der Waals surface area contributed by atoms with Gasteiger partial charge in [-0.15, -0.1) is 0 Å². The molecule has 0 aliphatic carbocycles. The van der Waals surface area contributed by atoms with Gasteiger partial charge in [0.1, 0.15) is 5.82 Å². The first kappa shape index (κ1) is 20.7. The SMILES string of the molecule is NC(=O)C1(Cc2ccc(-c3ccccc3F)cc2)CCN(C(=O)c2cccnc2)CC1. The van der Waals surface area contributed by atoms with Gasteiger partial charge in [0.25, 0.3) is 5.91 Å². The number of carbonyl (C=O) groups is 2. The van der Waals surface area contributed by atoms with Crippen molar-refractivity contribution < 1.29 is 14.0 Å². The molecule has 0 bridgehead atoms. The lowest BCUT2D eigenvalue weighted by molar-refractivity contribution is -0.130. The van der Waals surface area contributed by atoms with E-state index in [9.17, 15) is 14.0 Å². The van der Waals surface area contributed by atoms with Crippen molar-refractivity contribution >= 4 is 11.8 Å². The Morgan fingerprint density at radius 1 is 1.00 bits per heavy atom. The second kappa shape index (κ2) is 8.68. The van der Waals surface area contributed by atoms with Gasteiger partial charge >= 0.3 is 0 Å². The highest BCUT2D eigenvalue weighted by Gasteiger charge is 2.41. The monoisotopic (exact) mass is 417 g/mol. The zero-order chi connectivity index (χ0) is 21.8. The Balaban J connectivity index is 1.47. The Morgan fingerprint density at radius 2 is 1.71 bits per heavy atom. The van der Waals surface area contributed by atoms with Gasteiger partial charge in [-0.2, -0.15) is 0 Å². The summed E-state index contributed by atoms with van der Waals surface area (Å²) in [6, 6.07) is 17.7. The van der Waals surface area contributed by atoms with E-state index in [2.05, 4.69) is 4.98 Å². The number of piperidine rings is 1. The standard InChI is InChI=1S/C25H24FN3O2/c26-22-6-2-1-5-21(22)19-9-7-18(8-10-19)16-25(24(27)31)11-14-29(15-12-25)23(30)20-4-3-13-28-17-20/h1-10,13,17H,11-12,14-16H2,(H2,27,31). The summed E-state index contributed by atoms with van der Waals surface area (Å²) in [7, 11) is 0. The van der Waals surface area contributed by atoms with Crippen molar-refractivity contribution in [2.45, 2.75) is 19.3 Å². The van der Waals surface area contributed by atoms with Gasteiger partial charge in [-0.05, 0) is 48.6 Å². The van der Waals surface area contributed by atoms with Crippen LogP contribution < -0.4 is 5.73 Å². The quantitative estimate of drug-likeness (QED) is 0.685. The zero-order valence-corrected chi connectivity index (χ0v) is 17.1. The van der Waals surface area contributed by atoms with Crippen molar-refractivity contribution in [3.05, 3.63) is 90.0 Å². The lowest BCUT2D eigenvalue weighted by Gasteiger charge is -2.40. The smallest absolute Gasteiger partial charge is 0.255 e. The molecule has 2 N–H and O–H groups in total. The summed E-state index contributed by atoms with van der Waals surface area (Å²) in [6.45, 7) is 0.925. The van der Waals surface area contributed by atoms with E-state index >= 15 is 0 Å². The van der Waals surface area contributed by atoms with Crippen LogP contribution in [0.1, 0.15) is 28.8 Å². The van der Waals surface area contributed by atoms with Gasteiger partial charge in [0.05, 0.1) is 11.0 Å². The molecular formula is C25H24FN3O2. The Bertz CT molecular complexity index is 1080. The molecule has 1 aliphatic rings. The number of halogens is 1. The third-order valence-electron chi connectivity index (χ3n) is 6.12. The average molecular weight is 417 g/mol. The number of pyridine rings is 1. The van der Waals surface area contributed by atoms with Crippen LogP contribution in [0.25, 0.3) is 11.1 Å². The van der Waals surface area contributed by atoms with E-state index in [1.54, 1.807) is 47.6 Å². The number of benzene rings is 2. The maximum absolute atomic E-state index is 14.0. The predicted octanol–water partition coefficient (Wildman–Crippen LogP) is 3.84. The fraction of sp³-hybridized carbons (Fsp3) is 0.240. The summed E-state index contributed by atoms with van der Waals surface area (Å²) in [4.78, 5) is 30.8. The van der Waals surface area contributed by atoms with Crippen LogP contribution >= 0.6 is 0 Å². The van der Waals surface area contributed by atoms with E-state index in [1.165, 1.54) is 6.07 Å². The van der Waals surface area contributed by atoms with E-state index in [0.717, 1.165) is 11.1 Å². The Hall–Kier alpha value is -3.54. The molecule has 158 valence electrons. The number of rotatable bonds is 5. The fourth-order valence-corrected chi connectivity index (χ4v) is 4.21. The Labute approximate surface area is 180 Å². The van der Waals surface area contributed by atoms with Crippen LogP contribution in [-0.2, 0) is 11.2 Å². The predicted molar refractivity (Wildman–Crippen MR) is 117 cm³/mol. The molecule has 6 heteroatoms. The normalized spacial score (nSPS) is 15.5. The first-order valence-corrected chi connectivity index (χ1v) is 10.3. The third kappa shape index (κ3) is 4.33. The molecule has 2 aromatic carbocycles. The van der Waals surface area contributed by atoms with Gasteiger partial charge in [-0.1, -0.05) is 42.5 Å². The van der Waals surface area contributed by atoms with Gasteiger partial charge in [0.15, 0.2) is 0 Å². The second-order valence-electron chi connectivity index (χ2n) is 8.03. The van der Waals surface area contributed by atoms with Crippen LogP contribution in [0.4, 0.5) is 4.39 Å². The maximum Gasteiger partial charge on any atom is 0.255 e. The molecule has 3 aromatic rings. The molecule has 31 heavy (non-hydrogen) atoms. The van der Waals surface area contributed by atoms with Crippen molar-refractivity contribution in [1.29, 1.82) is 0 Å². The van der Waals surface area contributed by atoms with Crippen LogP contribution in [0.2, 0.25) is 0 Å². The van der Waals surface area contributed by atoms with E-state index < -0.39 is 5.41 Å². The highest BCUT2D eigenvalue weighted by atomic mass is 19.1. The summed E-state index contributed by atoms with van der Waals surface area (Å²) < 4.78 is 14.0. The van der Waals surface area contributed by atoms with E-state index in [-0.39, 0.29) is 17.6 Å². The number of likely N-dealkylation sites (tertiary alicyclic amines) is 1. The average Bonchev–Trinajstić information content (AvgIpc) is 2.80. The van der Waals surface area contributed by atoms with Crippen molar-refractivity contribution in [3.8, 4) is 11.1 Å². The summed E-state index contributed by atoms with van der Waals surface area (Å²) in [5.74, 6) is -0.700. The summed E-state index contributed by atoms with van der Waals surface area (Å²) in [5.41, 5.74) is 7.95. The lowest BCUT2D eigenvalue weighted by Crippen LogP contribution is -2.49. The van der Waals surface area contributed by atoms with Crippen molar-refractivity contribution in [1.82, 2.24) is 9.88 Å². The van der Waals surface area contributed by atoms with Crippen LogP contribution in [-0.4, -0.2) is 34.8 Å². The van der Waals surface area contributed by atoms with E-state index in [4.69, 9.17) is 5.73 Å². The van der Waals surface area contributed by atoms with Crippen LogP contribution in [0, 0.1) is 11.2 Å². The van der Waals surface area contributed by atoms with Crippen LogP contribution in [0.5, 0.6) is 0 Å². The van der Waals surface area contributed by atoms with Gasteiger partial charge in [-0.3, -0.25) is 14.6 Å². The molecule has 1 fully saturated rings. The number of primary amides is 1. The van der Waals surface area contributed by atoms with E-state index in [0.29, 0.717) is 43.5 Å². The maximum atomic E-state index is 14.0. The van der Waals surface area contributed by atoms with Gasteiger partial charge < -0.3 is 10.6 Å². The molecule has 1 aliphatic heterocycles. The molecular weight excluding hydrogens is 393 g/mol. The number of nitrogens with zero attached hydrogens (tertiary/aromatic N) is 2. The molecule has 0 spiro atoms. The zero-order valence-electron chi connectivity index (χ0n) is 17.1. The largest absolute Gasteiger partial charge is 0.369 e. The highest BCUT2D eigenvalue weighted by molar-refractivity contribution is 5.94. The van der Waals surface area contributed by atoms with Crippen molar-refractivity contribution in [2.24, 2.45) is 11.1 Å². The molecule has 1 saturated heterocycles. The molecule has 0 atom stereocenters. The molecule has 0 radical (unpaired) electrons. The van der Waals surface area contributed by atoms with Gasteiger partial charge in [-0.25, -0.2) is 4.39 Å². The summed E-state index contributed by atoms with van der Waals surface area (Å²) >= 11 is 0. The molecule has 0 unspecified atom stereocenters. The highest BCUT2D eigenvalue weighted by Crippen LogP contribution is 2.36. The van der Waals surface area contributed by atoms with Crippen molar-refractivity contribution in [3.63, 3.8) is 0 Å². The summed E-state index contributed by atoms with van der Waals surface area (Å²) in [6.07, 6.45) is 4.68. The minimum absolute atomic E-state index is 0.0830. The van der Waals surface area contributed by atoms with Crippen LogP contribution in [0.15, 0.2) is 73.1 Å². The number of amides is 2. The minimum Gasteiger partial charge on any atom is -0.369 e. The van der Waals surface area contributed by atoms with Gasteiger partial charge in [0.2, 0.25) is 5.91 Å². The summed E-state index contributed by atoms with van der Waals surface area (Å²) in [5, 5.41) is 0.